The normalized spacial score (nSPS) is 16.7. The first-order valence-electron chi connectivity index (χ1n) is 11.1. The topological polar surface area (TPSA) is 54.5 Å². The summed E-state index contributed by atoms with van der Waals surface area (Å²) >= 11 is 0. The van der Waals surface area contributed by atoms with E-state index in [-0.39, 0.29) is 36.2 Å². The number of amides is 1. The number of aryl methyl sites for hydroxylation is 2. The molecule has 0 bridgehead atoms. The van der Waals surface area contributed by atoms with Crippen LogP contribution in [0.2, 0.25) is 0 Å². The van der Waals surface area contributed by atoms with Gasteiger partial charge in [-0.2, -0.15) is 0 Å². The van der Waals surface area contributed by atoms with Crippen LogP contribution in [0.4, 0.5) is 0 Å². The van der Waals surface area contributed by atoms with Crippen molar-refractivity contribution in [3.05, 3.63) is 70.8 Å². The Morgan fingerprint density at radius 1 is 0.800 bits per heavy atom. The molecule has 0 atom stereocenters. The smallest absolute Gasteiger partial charge is 0.223 e. The summed E-state index contributed by atoms with van der Waals surface area (Å²) in [6.07, 6.45) is 6.44. The minimum Gasteiger partial charge on any atom is -0.343 e. The van der Waals surface area contributed by atoms with Crippen LogP contribution in [0, 0.1) is 5.92 Å². The molecule has 4 rings (SSSR count). The quantitative estimate of drug-likeness (QED) is 0.660. The molecule has 1 saturated heterocycles. The maximum Gasteiger partial charge on any atom is 0.223 e. The van der Waals surface area contributed by atoms with E-state index >= 15 is 0 Å². The maximum absolute atomic E-state index is 12.6. The van der Waals surface area contributed by atoms with Gasteiger partial charge in [-0.05, 0) is 55.7 Å². The van der Waals surface area contributed by atoms with Gasteiger partial charge in [-0.3, -0.25) is 14.4 Å². The molecule has 0 spiro atoms. The van der Waals surface area contributed by atoms with Gasteiger partial charge in [0.25, 0.3) is 0 Å². The largest absolute Gasteiger partial charge is 0.343 e. The van der Waals surface area contributed by atoms with E-state index < -0.39 is 0 Å². The van der Waals surface area contributed by atoms with Gasteiger partial charge in [-0.25, -0.2) is 0 Å². The molecule has 1 aliphatic carbocycles. The van der Waals surface area contributed by atoms with Gasteiger partial charge in [0.15, 0.2) is 11.6 Å². The van der Waals surface area contributed by atoms with Crippen molar-refractivity contribution in [2.45, 2.75) is 51.4 Å². The van der Waals surface area contributed by atoms with Crippen LogP contribution in [0.3, 0.4) is 0 Å². The van der Waals surface area contributed by atoms with E-state index in [4.69, 9.17) is 0 Å². The minimum atomic E-state index is -0.0198. The van der Waals surface area contributed by atoms with E-state index in [1.165, 1.54) is 24.0 Å². The highest BCUT2D eigenvalue weighted by atomic mass is 16.2. The van der Waals surface area contributed by atoms with E-state index in [2.05, 4.69) is 6.07 Å². The predicted octanol–water partition coefficient (Wildman–Crippen LogP) is 4.65. The van der Waals surface area contributed by atoms with Crippen molar-refractivity contribution in [2.75, 3.05) is 13.1 Å². The van der Waals surface area contributed by atoms with Crippen molar-refractivity contribution in [1.82, 2.24) is 4.90 Å². The fourth-order valence-corrected chi connectivity index (χ4v) is 4.66. The van der Waals surface area contributed by atoms with Crippen molar-refractivity contribution in [2.24, 2.45) is 5.92 Å². The zero-order chi connectivity index (χ0) is 20.9. The van der Waals surface area contributed by atoms with Crippen molar-refractivity contribution in [1.29, 1.82) is 0 Å². The zero-order valence-corrected chi connectivity index (χ0v) is 17.4. The highest BCUT2D eigenvalue weighted by Gasteiger charge is 2.28. The molecular weight excluding hydrogens is 374 g/mol. The number of benzene rings is 2. The summed E-state index contributed by atoms with van der Waals surface area (Å²) in [6, 6.07) is 15.4. The van der Waals surface area contributed by atoms with E-state index in [1.54, 1.807) is 0 Å². The second-order valence-corrected chi connectivity index (χ2v) is 8.50. The highest BCUT2D eigenvalue weighted by molar-refractivity contribution is 5.99. The van der Waals surface area contributed by atoms with Crippen LogP contribution in [-0.2, 0) is 17.6 Å². The van der Waals surface area contributed by atoms with Gasteiger partial charge >= 0.3 is 0 Å². The average Bonchev–Trinajstić information content (AvgIpc) is 2.82. The van der Waals surface area contributed by atoms with Gasteiger partial charge in [0.2, 0.25) is 5.91 Å². The van der Waals surface area contributed by atoms with E-state index in [1.807, 2.05) is 47.4 Å². The first kappa shape index (κ1) is 20.5. The fraction of sp³-hybridized carbons (Fsp3) is 0.423. The molecule has 0 N–H and O–H groups in total. The number of carbonyl (C=O) groups is 3. The molecule has 1 aliphatic heterocycles. The second kappa shape index (κ2) is 9.38. The highest BCUT2D eigenvalue weighted by Crippen LogP contribution is 2.24. The molecule has 2 aliphatic rings. The van der Waals surface area contributed by atoms with Gasteiger partial charge in [0, 0.05) is 43.0 Å². The lowest BCUT2D eigenvalue weighted by Gasteiger charge is -2.31. The van der Waals surface area contributed by atoms with Gasteiger partial charge < -0.3 is 4.90 Å². The molecule has 0 radical (unpaired) electrons. The summed E-state index contributed by atoms with van der Waals surface area (Å²) in [5, 5.41) is 0. The van der Waals surface area contributed by atoms with Gasteiger partial charge in [0.05, 0.1) is 0 Å². The molecule has 0 saturated carbocycles. The monoisotopic (exact) mass is 403 g/mol. The number of piperidine rings is 1. The molecule has 4 heteroatoms. The van der Waals surface area contributed by atoms with Crippen LogP contribution in [-0.4, -0.2) is 35.5 Å². The van der Waals surface area contributed by atoms with Crippen LogP contribution >= 0.6 is 0 Å². The third-order valence-electron chi connectivity index (χ3n) is 6.51. The summed E-state index contributed by atoms with van der Waals surface area (Å²) in [7, 11) is 0. The number of Topliss-reactive ketones (excluding diaryl/α,β-unsaturated/α-hetero) is 2. The molecular formula is C26H29NO3. The first-order valence-corrected chi connectivity index (χ1v) is 11.1. The molecule has 4 nitrogen and oxygen atoms in total. The lowest BCUT2D eigenvalue weighted by molar-refractivity contribution is -0.132. The zero-order valence-electron chi connectivity index (χ0n) is 17.4. The Bertz CT molecular complexity index is 927. The Balaban J connectivity index is 1.26. The standard InChI is InChI=1S/C26H29NO3/c28-24(23-11-10-19-6-4-5-9-22(19)18-23)12-13-25(29)27-16-14-21(15-17-27)26(30)20-7-2-1-3-8-20/h1-3,7-8,10-11,18,21H,4-6,9,12-17H2. The van der Waals surface area contributed by atoms with Crippen molar-refractivity contribution in [3.8, 4) is 0 Å². The number of fused-ring (bicyclic) bond motifs is 1. The van der Waals surface area contributed by atoms with E-state index in [0.29, 0.717) is 25.9 Å². The molecule has 156 valence electrons. The molecule has 2 aromatic carbocycles. The molecule has 1 amide bonds. The summed E-state index contributed by atoms with van der Waals surface area (Å²) < 4.78 is 0. The fourth-order valence-electron chi connectivity index (χ4n) is 4.66. The van der Waals surface area contributed by atoms with Crippen LogP contribution in [0.25, 0.3) is 0 Å². The number of ketones is 2. The van der Waals surface area contributed by atoms with Crippen molar-refractivity contribution in [3.63, 3.8) is 0 Å². The first-order chi connectivity index (χ1) is 14.6. The average molecular weight is 404 g/mol. The Hall–Kier alpha value is -2.75. The van der Waals surface area contributed by atoms with Gasteiger partial charge in [0.1, 0.15) is 0 Å². The number of rotatable bonds is 6. The summed E-state index contributed by atoms with van der Waals surface area (Å²) in [5.41, 5.74) is 4.14. The number of hydrogen-bond donors (Lipinski definition) is 0. The number of likely N-dealkylation sites (tertiary alicyclic amines) is 1. The molecule has 0 unspecified atom stereocenters. The third-order valence-corrected chi connectivity index (χ3v) is 6.51. The number of carbonyl (C=O) groups excluding carboxylic acids is 3. The van der Waals surface area contributed by atoms with E-state index in [0.717, 1.165) is 24.0 Å². The van der Waals surface area contributed by atoms with Crippen molar-refractivity contribution >= 4 is 17.5 Å². The third kappa shape index (κ3) is 4.69. The second-order valence-electron chi connectivity index (χ2n) is 8.50. The lowest BCUT2D eigenvalue weighted by atomic mass is 9.88. The van der Waals surface area contributed by atoms with Gasteiger partial charge in [-0.1, -0.05) is 42.5 Å². The van der Waals surface area contributed by atoms with Crippen LogP contribution in [0.1, 0.15) is 70.4 Å². The maximum atomic E-state index is 12.6. The van der Waals surface area contributed by atoms with E-state index in [9.17, 15) is 14.4 Å². The SMILES string of the molecule is O=C(CCC(=O)N1CCC(C(=O)c2ccccc2)CC1)c1ccc2c(c1)CCCC2. The Morgan fingerprint density at radius 2 is 1.50 bits per heavy atom. The van der Waals surface area contributed by atoms with Crippen LogP contribution in [0.5, 0.6) is 0 Å². The van der Waals surface area contributed by atoms with Crippen LogP contribution < -0.4 is 0 Å². The Morgan fingerprint density at radius 3 is 2.23 bits per heavy atom. The molecule has 1 heterocycles. The van der Waals surface area contributed by atoms with Gasteiger partial charge in [-0.15, -0.1) is 0 Å². The van der Waals surface area contributed by atoms with Crippen LogP contribution in [0.15, 0.2) is 48.5 Å². The Labute approximate surface area is 178 Å². The minimum absolute atomic E-state index is 0.0198. The summed E-state index contributed by atoms with van der Waals surface area (Å²) in [5.74, 6) is 0.219. The number of nitrogens with zero attached hydrogens (tertiary/aromatic N) is 1. The molecule has 1 fully saturated rings. The molecule has 30 heavy (non-hydrogen) atoms. The summed E-state index contributed by atoms with van der Waals surface area (Å²) in [6.45, 7) is 1.18. The predicted molar refractivity (Wildman–Crippen MR) is 117 cm³/mol. The molecule has 2 aromatic rings. The van der Waals surface area contributed by atoms with Crippen molar-refractivity contribution < 1.29 is 14.4 Å². The summed E-state index contributed by atoms with van der Waals surface area (Å²) in [4.78, 5) is 39.6. The molecule has 0 aromatic heterocycles. The Kier molecular flexibility index (Phi) is 6.41. The number of hydrogen-bond acceptors (Lipinski definition) is 3. The lowest BCUT2D eigenvalue weighted by Crippen LogP contribution is -2.40.